The van der Waals surface area contributed by atoms with Gasteiger partial charge in [0.2, 0.25) is 5.91 Å². The fraction of sp³-hybridized carbons (Fsp3) is 0.292. The van der Waals surface area contributed by atoms with Crippen molar-refractivity contribution >= 4 is 28.3 Å². The molecule has 0 fully saturated rings. The standard InChI is InChI=1S/C24H25N3O4S/c1-4-31-20-10-9-16(11-21(20)30-3)19(12-22(28)26-24-25-15(2)14-32-24)27-13-17-7-5-6-8-18(17)23(27)29/h5-11,14,19H,4,12-13H2,1-3H3,(H,25,26,28). The SMILES string of the molecule is CCOc1ccc(C(CC(=O)Nc2nc(C)cs2)N2Cc3ccccc3C2=O)cc1OC. The van der Waals surface area contributed by atoms with Crippen molar-refractivity contribution in [2.45, 2.75) is 32.9 Å². The van der Waals surface area contributed by atoms with Crippen LogP contribution in [-0.4, -0.2) is 35.4 Å². The molecule has 0 saturated heterocycles. The van der Waals surface area contributed by atoms with Crippen LogP contribution in [0.25, 0.3) is 0 Å². The van der Waals surface area contributed by atoms with Gasteiger partial charge in [-0.2, -0.15) is 0 Å². The van der Waals surface area contributed by atoms with Gasteiger partial charge in [-0.3, -0.25) is 9.59 Å². The van der Waals surface area contributed by atoms with Crippen LogP contribution in [0.3, 0.4) is 0 Å². The number of aromatic nitrogens is 1. The minimum atomic E-state index is -0.472. The van der Waals surface area contributed by atoms with Gasteiger partial charge in [0.1, 0.15) is 0 Å². The molecule has 1 aromatic heterocycles. The number of aryl methyl sites for hydroxylation is 1. The number of benzene rings is 2. The summed E-state index contributed by atoms with van der Waals surface area (Å²) in [5.41, 5.74) is 3.28. The highest BCUT2D eigenvalue weighted by Crippen LogP contribution is 2.37. The number of nitrogens with one attached hydrogen (secondary N) is 1. The first-order valence-electron chi connectivity index (χ1n) is 10.4. The minimum Gasteiger partial charge on any atom is -0.493 e. The molecular formula is C24H25N3O4S. The lowest BCUT2D eigenvalue weighted by Gasteiger charge is -2.28. The summed E-state index contributed by atoms with van der Waals surface area (Å²) in [5.74, 6) is 0.892. The predicted octanol–water partition coefficient (Wildman–Crippen LogP) is 4.58. The third kappa shape index (κ3) is 4.45. The topological polar surface area (TPSA) is 80.8 Å². The van der Waals surface area contributed by atoms with Crippen molar-refractivity contribution in [3.8, 4) is 11.5 Å². The Morgan fingerprint density at radius 2 is 2.06 bits per heavy atom. The molecule has 1 atom stereocenters. The molecule has 0 spiro atoms. The van der Waals surface area contributed by atoms with Gasteiger partial charge >= 0.3 is 0 Å². The smallest absolute Gasteiger partial charge is 0.255 e. The summed E-state index contributed by atoms with van der Waals surface area (Å²) in [6, 6.07) is 12.6. The number of rotatable bonds is 8. The minimum absolute atomic E-state index is 0.0867. The summed E-state index contributed by atoms with van der Waals surface area (Å²) in [5, 5.41) is 5.29. The zero-order chi connectivity index (χ0) is 22.7. The van der Waals surface area contributed by atoms with Crippen LogP contribution in [0.5, 0.6) is 11.5 Å². The van der Waals surface area contributed by atoms with Crippen molar-refractivity contribution in [2.24, 2.45) is 0 Å². The van der Waals surface area contributed by atoms with Crippen molar-refractivity contribution in [1.29, 1.82) is 0 Å². The van der Waals surface area contributed by atoms with E-state index in [0.717, 1.165) is 16.8 Å². The monoisotopic (exact) mass is 451 g/mol. The first-order chi connectivity index (χ1) is 15.5. The molecular weight excluding hydrogens is 426 g/mol. The Kier molecular flexibility index (Phi) is 6.41. The molecule has 1 aliphatic rings. The van der Waals surface area contributed by atoms with Gasteiger partial charge in [-0.1, -0.05) is 24.3 Å². The van der Waals surface area contributed by atoms with E-state index < -0.39 is 6.04 Å². The fourth-order valence-corrected chi connectivity index (χ4v) is 4.56. The van der Waals surface area contributed by atoms with Crippen molar-refractivity contribution < 1.29 is 19.1 Å². The molecule has 166 valence electrons. The van der Waals surface area contributed by atoms with E-state index in [1.54, 1.807) is 12.0 Å². The van der Waals surface area contributed by atoms with Crippen molar-refractivity contribution in [1.82, 2.24) is 9.88 Å². The molecule has 7 nitrogen and oxygen atoms in total. The Labute approximate surface area is 191 Å². The second kappa shape index (κ2) is 9.40. The van der Waals surface area contributed by atoms with Gasteiger partial charge in [0.25, 0.3) is 5.91 Å². The van der Waals surface area contributed by atoms with Crippen LogP contribution in [0, 0.1) is 6.92 Å². The van der Waals surface area contributed by atoms with Crippen molar-refractivity contribution in [2.75, 3.05) is 19.0 Å². The normalized spacial score (nSPS) is 13.6. The third-order valence-electron chi connectivity index (χ3n) is 5.34. The average Bonchev–Trinajstić information content (AvgIpc) is 3.35. The first-order valence-corrected chi connectivity index (χ1v) is 11.3. The number of nitrogens with zero attached hydrogens (tertiary/aromatic N) is 2. The molecule has 2 aromatic carbocycles. The van der Waals surface area contributed by atoms with Gasteiger partial charge < -0.3 is 19.7 Å². The molecule has 2 heterocycles. The molecule has 1 aliphatic heterocycles. The summed E-state index contributed by atoms with van der Waals surface area (Å²) in [7, 11) is 1.57. The van der Waals surface area contributed by atoms with Gasteiger partial charge in [-0.15, -0.1) is 11.3 Å². The van der Waals surface area contributed by atoms with Crippen LogP contribution in [0.1, 0.15) is 46.6 Å². The maximum Gasteiger partial charge on any atom is 0.255 e. The number of amides is 2. The summed E-state index contributed by atoms with van der Waals surface area (Å²) < 4.78 is 11.1. The van der Waals surface area contributed by atoms with E-state index >= 15 is 0 Å². The van der Waals surface area contributed by atoms with Crippen LogP contribution in [0.2, 0.25) is 0 Å². The Hall–Kier alpha value is -3.39. The lowest BCUT2D eigenvalue weighted by Crippen LogP contribution is -2.32. The van der Waals surface area contributed by atoms with Crippen molar-refractivity contribution in [3.63, 3.8) is 0 Å². The number of carbonyl (C=O) groups excluding carboxylic acids is 2. The molecule has 0 saturated carbocycles. The third-order valence-corrected chi connectivity index (χ3v) is 6.22. The molecule has 8 heteroatoms. The number of hydrogen-bond acceptors (Lipinski definition) is 6. The molecule has 3 aromatic rings. The highest BCUT2D eigenvalue weighted by atomic mass is 32.1. The molecule has 1 unspecified atom stereocenters. The number of anilines is 1. The molecule has 0 bridgehead atoms. The first kappa shape index (κ1) is 21.8. The number of thiazole rings is 1. The Morgan fingerprint density at radius 3 is 2.75 bits per heavy atom. The van der Waals surface area contributed by atoms with Gasteiger partial charge in [0.05, 0.1) is 31.9 Å². The zero-order valence-electron chi connectivity index (χ0n) is 18.3. The summed E-state index contributed by atoms with van der Waals surface area (Å²) in [6.45, 7) is 4.73. The van der Waals surface area contributed by atoms with Crippen molar-refractivity contribution in [3.05, 3.63) is 70.2 Å². The second-order valence-electron chi connectivity index (χ2n) is 7.50. The molecule has 32 heavy (non-hydrogen) atoms. The maximum absolute atomic E-state index is 13.2. The van der Waals surface area contributed by atoms with Gasteiger partial charge in [-0.05, 0) is 43.2 Å². The summed E-state index contributed by atoms with van der Waals surface area (Å²) in [6.07, 6.45) is 0.0928. The highest BCUT2D eigenvalue weighted by Gasteiger charge is 2.35. The van der Waals surface area contributed by atoms with Crippen LogP contribution in [0.15, 0.2) is 47.8 Å². The molecule has 1 N–H and O–H groups in total. The number of hydrogen-bond donors (Lipinski definition) is 1. The van der Waals surface area contributed by atoms with E-state index in [2.05, 4.69) is 10.3 Å². The Bertz CT molecular complexity index is 1140. The molecule has 4 rings (SSSR count). The van der Waals surface area contributed by atoms with E-state index in [4.69, 9.17) is 9.47 Å². The average molecular weight is 452 g/mol. The van der Waals surface area contributed by atoms with Crippen LogP contribution in [-0.2, 0) is 11.3 Å². The Balaban J connectivity index is 1.65. The van der Waals surface area contributed by atoms with E-state index in [1.807, 2.05) is 61.7 Å². The lowest BCUT2D eigenvalue weighted by atomic mass is 10.0. The molecule has 0 radical (unpaired) electrons. The number of fused-ring (bicyclic) bond motifs is 1. The second-order valence-corrected chi connectivity index (χ2v) is 8.35. The van der Waals surface area contributed by atoms with E-state index in [0.29, 0.717) is 35.3 Å². The fourth-order valence-electron chi connectivity index (χ4n) is 3.86. The lowest BCUT2D eigenvalue weighted by molar-refractivity contribution is -0.117. The van der Waals surface area contributed by atoms with Gasteiger partial charge in [-0.25, -0.2) is 4.98 Å². The maximum atomic E-state index is 13.2. The largest absolute Gasteiger partial charge is 0.493 e. The van der Waals surface area contributed by atoms with Crippen LogP contribution >= 0.6 is 11.3 Å². The van der Waals surface area contributed by atoms with E-state index in [-0.39, 0.29) is 18.2 Å². The van der Waals surface area contributed by atoms with Crippen LogP contribution < -0.4 is 14.8 Å². The van der Waals surface area contributed by atoms with Gasteiger partial charge in [0, 0.05) is 17.5 Å². The van der Waals surface area contributed by atoms with E-state index in [1.165, 1.54) is 11.3 Å². The predicted molar refractivity (Wildman–Crippen MR) is 123 cm³/mol. The quantitative estimate of drug-likeness (QED) is 0.542. The van der Waals surface area contributed by atoms with E-state index in [9.17, 15) is 9.59 Å². The van der Waals surface area contributed by atoms with Crippen LogP contribution in [0.4, 0.5) is 5.13 Å². The number of carbonyl (C=O) groups is 2. The number of ether oxygens (including phenoxy) is 2. The highest BCUT2D eigenvalue weighted by molar-refractivity contribution is 7.13. The molecule has 2 amide bonds. The Morgan fingerprint density at radius 1 is 1.25 bits per heavy atom. The summed E-state index contributed by atoms with van der Waals surface area (Å²) >= 11 is 1.38. The zero-order valence-corrected chi connectivity index (χ0v) is 19.1. The summed E-state index contributed by atoms with van der Waals surface area (Å²) in [4.78, 5) is 32.2. The van der Waals surface area contributed by atoms with Gasteiger partial charge in [0.15, 0.2) is 16.6 Å². The number of methoxy groups -OCH3 is 1. The molecule has 0 aliphatic carbocycles.